The summed E-state index contributed by atoms with van der Waals surface area (Å²) in [5.41, 5.74) is -1.79. The van der Waals surface area contributed by atoms with Gasteiger partial charge in [-0.3, -0.25) is 0 Å². The monoisotopic (exact) mass is 260 g/mol. The quantitative estimate of drug-likeness (QED) is 0.321. The van der Waals surface area contributed by atoms with Gasteiger partial charge in [0.2, 0.25) is 0 Å². The molecule has 0 atom stereocenters. The number of carboxylic acid groups (broad SMARTS) is 2. The van der Waals surface area contributed by atoms with Crippen LogP contribution in [0.4, 0.5) is 0 Å². The van der Waals surface area contributed by atoms with E-state index in [0.29, 0.717) is 12.8 Å². The Morgan fingerprint density at radius 1 is 0.882 bits per heavy atom. The molecule has 0 rings (SSSR count). The molecule has 88 valence electrons. The minimum atomic E-state index is -1.79. The summed E-state index contributed by atoms with van der Waals surface area (Å²) >= 11 is 0. The van der Waals surface area contributed by atoms with E-state index in [9.17, 15) is 19.8 Å². The summed E-state index contributed by atoms with van der Waals surface area (Å²) in [5.74, 6) is -3.02. The Balaban J connectivity index is -0.000000980. The van der Waals surface area contributed by atoms with Crippen LogP contribution in [0, 0.1) is 5.41 Å². The molecule has 0 aliphatic heterocycles. The average Bonchev–Trinajstić information content (AvgIpc) is 2.17. The van der Waals surface area contributed by atoms with E-state index in [1.165, 1.54) is 0 Å². The van der Waals surface area contributed by atoms with Gasteiger partial charge in [0.25, 0.3) is 0 Å². The van der Waals surface area contributed by atoms with Crippen LogP contribution >= 0.6 is 0 Å². The molecule has 0 amide bonds. The van der Waals surface area contributed by atoms with E-state index in [4.69, 9.17) is 0 Å². The van der Waals surface area contributed by atoms with Crippen LogP contribution in [0.2, 0.25) is 0 Å². The van der Waals surface area contributed by atoms with Gasteiger partial charge in [0.1, 0.15) is 0 Å². The van der Waals surface area contributed by atoms with Crippen molar-refractivity contribution < 1.29 is 78.9 Å². The smallest absolute Gasteiger partial charge is 0.549 e. The second kappa shape index (κ2) is 12.0. The third-order valence-corrected chi connectivity index (χ3v) is 2.70. The first-order valence-corrected chi connectivity index (χ1v) is 5.44. The molecular formula is C11H18Na2O4. The minimum Gasteiger partial charge on any atom is -0.549 e. The summed E-state index contributed by atoms with van der Waals surface area (Å²) < 4.78 is 0. The zero-order valence-electron chi connectivity index (χ0n) is 11.4. The molecule has 0 aromatic heterocycles. The molecule has 0 heterocycles. The first kappa shape index (κ1) is 23.1. The molecule has 0 fully saturated rings. The standard InChI is InChI=1S/C11H20O4.2Na/c1-3-5-7-11(9(12)13,10(14)15)8-6-4-2;;/h3-8H2,1-2H3,(H,12,13)(H,14,15);;/q;2*+1/p-2. The Kier molecular flexibility index (Phi) is 16.3. The maximum atomic E-state index is 10.9. The van der Waals surface area contributed by atoms with Crippen molar-refractivity contribution in [2.24, 2.45) is 5.41 Å². The maximum absolute atomic E-state index is 10.9. The largest absolute Gasteiger partial charge is 1.00 e. The molecule has 0 aliphatic rings. The van der Waals surface area contributed by atoms with Crippen molar-refractivity contribution in [3.8, 4) is 0 Å². The predicted molar refractivity (Wildman–Crippen MR) is 51.5 cm³/mol. The van der Waals surface area contributed by atoms with Gasteiger partial charge in [-0.1, -0.05) is 39.5 Å². The molecule has 0 bridgehead atoms. The van der Waals surface area contributed by atoms with Crippen LogP contribution in [0.25, 0.3) is 0 Å². The summed E-state index contributed by atoms with van der Waals surface area (Å²) in [5, 5.41) is 21.9. The van der Waals surface area contributed by atoms with Gasteiger partial charge < -0.3 is 19.8 Å². The van der Waals surface area contributed by atoms with Gasteiger partial charge in [0, 0.05) is 5.41 Å². The van der Waals surface area contributed by atoms with E-state index >= 15 is 0 Å². The Hall–Kier alpha value is 0.940. The third-order valence-electron chi connectivity index (χ3n) is 2.70. The molecule has 0 N–H and O–H groups in total. The van der Waals surface area contributed by atoms with Gasteiger partial charge in [0.05, 0.1) is 11.9 Å². The van der Waals surface area contributed by atoms with Gasteiger partial charge >= 0.3 is 59.1 Å². The molecule has 0 aromatic rings. The Labute approximate surface area is 147 Å². The predicted octanol–water partition coefficient (Wildman–Crippen LogP) is -6.14. The van der Waals surface area contributed by atoms with Gasteiger partial charge in [-0.25, -0.2) is 0 Å². The number of carboxylic acids is 2. The van der Waals surface area contributed by atoms with E-state index < -0.39 is 17.4 Å². The van der Waals surface area contributed by atoms with Crippen LogP contribution < -0.4 is 69.3 Å². The van der Waals surface area contributed by atoms with Crippen molar-refractivity contribution in [3.05, 3.63) is 0 Å². The molecular weight excluding hydrogens is 242 g/mol. The fraction of sp³-hybridized carbons (Fsp3) is 0.818. The number of carbonyl (C=O) groups is 2. The molecule has 17 heavy (non-hydrogen) atoms. The van der Waals surface area contributed by atoms with Gasteiger partial charge in [-0.15, -0.1) is 0 Å². The molecule has 0 spiro atoms. The second-order valence-corrected chi connectivity index (χ2v) is 3.86. The first-order valence-electron chi connectivity index (χ1n) is 5.44. The molecule has 4 nitrogen and oxygen atoms in total. The van der Waals surface area contributed by atoms with Gasteiger partial charge in [0.15, 0.2) is 0 Å². The van der Waals surface area contributed by atoms with Gasteiger partial charge in [-0.05, 0) is 12.8 Å². The topological polar surface area (TPSA) is 80.3 Å². The summed E-state index contributed by atoms with van der Waals surface area (Å²) in [6.45, 7) is 3.77. The maximum Gasteiger partial charge on any atom is 1.00 e. The van der Waals surface area contributed by atoms with Crippen LogP contribution in [0.3, 0.4) is 0 Å². The van der Waals surface area contributed by atoms with Crippen molar-refractivity contribution in [1.29, 1.82) is 0 Å². The molecule has 0 saturated heterocycles. The van der Waals surface area contributed by atoms with Crippen LogP contribution in [-0.2, 0) is 9.59 Å². The molecule has 0 aromatic carbocycles. The zero-order valence-corrected chi connectivity index (χ0v) is 15.4. The van der Waals surface area contributed by atoms with Crippen molar-refractivity contribution in [3.63, 3.8) is 0 Å². The summed E-state index contributed by atoms with van der Waals surface area (Å²) in [4.78, 5) is 21.9. The number of rotatable bonds is 8. The number of unbranched alkanes of at least 4 members (excludes halogenated alkanes) is 2. The van der Waals surface area contributed by atoms with Crippen molar-refractivity contribution >= 4 is 11.9 Å². The number of carbonyl (C=O) groups excluding carboxylic acids is 2. The van der Waals surface area contributed by atoms with Crippen LogP contribution in [0.1, 0.15) is 52.4 Å². The minimum absolute atomic E-state index is 0. The summed E-state index contributed by atoms with van der Waals surface area (Å²) in [6.07, 6.45) is 2.85. The fourth-order valence-corrected chi connectivity index (χ4v) is 1.57. The normalized spacial score (nSPS) is 10.0. The van der Waals surface area contributed by atoms with E-state index in [1.807, 2.05) is 13.8 Å². The van der Waals surface area contributed by atoms with Gasteiger partial charge in [-0.2, -0.15) is 0 Å². The summed E-state index contributed by atoms with van der Waals surface area (Å²) in [7, 11) is 0. The molecule has 0 saturated carbocycles. The first-order chi connectivity index (χ1) is 7.01. The van der Waals surface area contributed by atoms with Crippen molar-refractivity contribution in [2.45, 2.75) is 52.4 Å². The van der Waals surface area contributed by atoms with Crippen LogP contribution in [0.15, 0.2) is 0 Å². The van der Waals surface area contributed by atoms with Crippen LogP contribution in [0.5, 0.6) is 0 Å². The second-order valence-electron chi connectivity index (χ2n) is 3.86. The zero-order chi connectivity index (χ0) is 11.9. The SMILES string of the molecule is CCCCC(CCCC)(C(=O)[O-])C(=O)[O-].[Na+].[Na+]. The average molecular weight is 260 g/mol. The molecule has 0 radical (unpaired) electrons. The van der Waals surface area contributed by atoms with E-state index in [0.717, 1.165) is 12.8 Å². The van der Waals surface area contributed by atoms with E-state index in [-0.39, 0.29) is 72.0 Å². The van der Waals surface area contributed by atoms with E-state index in [1.54, 1.807) is 0 Å². The Morgan fingerprint density at radius 3 is 1.35 bits per heavy atom. The Bertz CT molecular complexity index is 208. The van der Waals surface area contributed by atoms with Crippen LogP contribution in [-0.4, -0.2) is 11.9 Å². The number of hydrogen-bond acceptors (Lipinski definition) is 4. The molecule has 0 unspecified atom stereocenters. The third kappa shape index (κ3) is 7.19. The Morgan fingerprint density at radius 2 is 1.18 bits per heavy atom. The molecule has 6 heteroatoms. The van der Waals surface area contributed by atoms with Crippen molar-refractivity contribution in [2.75, 3.05) is 0 Å². The van der Waals surface area contributed by atoms with Crippen molar-refractivity contribution in [1.82, 2.24) is 0 Å². The van der Waals surface area contributed by atoms with E-state index in [2.05, 4.69) is 0 Å². The molecule has 0 aliphatic carbocycles. The summed E-state index contributed by atoms with van der Waals surface area (Å²) in [6, 6.07) is 0. The number of hydrogen-bond donors (Lipinski definition) is 0. The number of aliphatic carboxylic acids is 2. The fourth-order valence-electron chi connectivity index (χ4n) is 1.57.